The summed E-state index contributed by atoms with van der Waals surface area (Å²) in [5.74, 6) is 0.620. The van der Waals surface area contributed by atoms with E-state index in [-0.39, 0.29) is 23.7 Å². The number of hydrogen-bond donors (Lipinski definition) is 1. The van der Waals surface area contributed by atoms with Gasteiger partial charge in [0.05, 0.1) is 24.1 Å². The highest BCUT2D eigenvalue weighted by atomic mass is 32.2. The summed E-state index contributed by atoms with van der Waals surface area (Å²) in [7, 11) is -2.86. The van der Waals surface area contributed by atoms with Crippen LogP contribution < -0.4 is 5.32 Å². The van der Waals surface area contributed by atoms with Crippen molar-refractivity contribution in [3.63, 3.8) is 0 Å². The molecule has 1 amide bonds. The monoisotopic (exact) mass is 441 g/mol. The first-order chi connectivity index (χ1) is 14.9. The predicted molar refractivity (Wildman–Crippen MR) is 124 cm³/mol. The van der Waals surface area contributed by atoms with E-state index < -0.39 is 9.84 Å². The number of amides is 1. The minimum absolute atomic E-state index is 0.0246. The highest BCUT2D eigenvalue weighted by molar-refractivity contribution is 7.91. The van der Waals surface area contributed by atoms with Crippen molar-refractivity contribution in [2.45, 2.75) is 25.4 Å². The molecule has 0 unspecified atom stereocenters. The molecule has 0 spiro atoms. The standard InChI is InChI=1S/C24H31N3O3S/c1-19(20-7-9-22(10-8-20)21-5-3-2-4-6-21)25-24(28)17-26-12-14-27(15-13-26)23-11-16-31(29,30)18-23/h2-10,19,23H,11-18H2,1H3,(H,25,28)/t19-,23-/m1/s1. The second kappa shape index (κ2) is 9.51. The first-order valence-electron chi connectivity index (χ1n) is 11.0. The summed E-state index contributed by atoms with van der Waals surface area (Å²) < 4.78 is 23.4. The van der Waals surface area contributed by atoms with Crippen molar-refractivity contribution in [2.24, 2.45) is 0 Å². The highest BCUT2D eigenvalue weighted by Crippen LogP contribution is 2.22. The summed E-state index contributed by atoms with van der Waals surface area (Å²) in [5.41, 5.74) is 3.43. The van der Waals surface area contributed by atoms with Crippen LogP contribution in [0.15, 0.2) is 54.6 Å². The molecular formula is C24H31N3O3S. The highest BCUT2D eigenvalue weighted by Gasteiger charge is 2.33. The van der Waals surface area contributed by atoms with Crippen LogP contribution in [-0.4, -0.2) is 74.4 Å². The van der Waals surface area contributed by atoms with Crippen molar-refractivity contribution in [3.8, 4) is 11.1 Å². The lowest BCUT2D eigenvalue weighted by molar-refractivity contribution is -0.123. The Morgan fingerprint density at radius 2 is 1.65 bits per heavy atom. The van der Waals surface area contributed by atoms with Crippen molar-refractivity contribution in [3.05, 3.63) is 60.2 Å². The second-order valence-corrected chi connectivity index (χ2v) is 10.9. The number of carbonyl (C=O) groups excluding carboxylic acids is 1. The van der Waals surface area contributed by atoms with E-state index in [9.17, 15) is 13.2 Å². The van der Waals surface area contributed by atoms with Crippen LogP contribution in [0.5, 0.6) is 0 Å². The van der Waals surface area contributed by atoms with Crippen molar-refractivity contribution >= 4 is 15.7 Å². The van der Waals surface area contributed by atoms with Gasteiger partial charge in [-0.05, 0) is 30.0 Å². The minimum Gasteiger partial charge on any atom is -0.348 e. The largest absolute Gasteiger partial charge is 0.348 e. The van der Waals surface area contributed by atoms with Gasteiger partial charge in [0.25, 0.3) is 0 Å². The maximum atomic E-state index is 12.6. The molecule has 2 heterocycles. The smallest absolute Gasteiger partial charge is 0.234 e. The summed E-state index contributed by atoms with van der Waals surface area (Å²) in [6, 6.07) is 18.7. The Bertz CT molecular complexity index is 984. The van der Waals surface area contributed by atoms with Gasteiger partial charge in [-0.25, -0.2) is 8.42 Å². The van der Waals surface area contributed by atoms with Gasteiger partial charge in [-0.3, -0.25) is 14.6 Å². The number of nitrogens with one attached hydrogen (secondary N) is 1. The molecule has 1 N–H and O–H groups in total. The van der Waals surface area contributed by atoms with Crippen LogP contribution in [0.25, 0.3) is 11.1 Å². The van der Waals surface area contributed by atoms with E-state index in [1.165, 1.54) is 5.56 Å². The molecule has 2 atom stereocenters. The molecule has 0 saturated carbocycles. The molecule has 31 heavy (non-hydrogen) atoms. The SMILES string of the molecule is C[C@@H](NC(=O)CN1CCN([C@@H]2CCS(=O)(=O)C2)CC1)c1ccc(-c2ccccc2)cc1. The Kier molecular flexibility index (Phi) is 6.74. The molecule has 0 aromatic heterocycles. The van der Waals surface area contributed by atoms with Gasteiger partial charge in [0.1, 0.15) is 0 Å². The fourth-order valence-corrected chi connectivity index (χ4v) is 6.28. The van der Waals surface area contributed by atoms with Gasteiger partial charge >= 0.3 is 0 Å². The van der Waals surface area contributed by atoms with Crippen molar-refractivity contribution < 1.29 is 13.2 Å². The lowest BCUT2D eigenvalue weighted by Gasteiger charge is -2.37. The van der Waals surface area contributed by atoms with Gasteiger partial charge in [0.2, 0.25) is 5.91 Å². The molecule has 2 fully saturated rings. The van der Waals surface area contributed by atoms with Crippen LogP contribution in [-0.2, 0) is 14.6 Å². The van der Waals surface area contributed by atoms with Gasteiger partial charge in [-0.15, -0.1) is 0 Å². The number of piperazine rings is 1. The van der Waals surface area contributed by atoms with Gasteiger partial charge in [0, 0.05) is 32.2 Å². The fourth-order valence-electron chi connectivity index (χ4n) is 4.52. The first kappa shape index (κ1) is 22.0. The summed E-state index contributed by atoms with van der Waals surface area (Å²) in [6.45, 7) is 5.62. The molecule has 2 saturated heterocycles. The van der Waals surface area contributed by atoms with E-state index in [1.54, 1.807) is 0 Å². The lowest BCUT2D eigenvalue weighted by Crippen LogP contribution is -2.52. The molecule has 6 nitrogen and oxygen atoms in total. The topological polar surface area (TPSA) is 69.7 Å². The third kappa shape index (κ3) is 5.73. The van der Waals surface area contributed by atoms with E-state index >= 15 is 0 Å². The summed E-state index contributed by atoms with van der Waals surface area (Å²) in [6.07, 6.45) is 0.739. The number of sulfone groups is 1. The average molecular weight is 442 g/mol. The molecule has 2 aliphatic heterocycles. The Morgan fingerprint density at radius 1 is 1.00 bits per heavy atom. The summed E-state index contributed by atoms with van der Waals surface area (Å²) in [4.78, 5) is 17.0. The van der Waals surface area contributed by atoms with Gasteiger partial charge in [0.15, 0.2) is 9.84 Å². The number of nitrogens with zero attached hydrogens (tertiary/aromatic N) is 2. The third-order valence-corrected chi connectivity index (χ3v) is 8.14. The molecule has 2 aliphatic rings. The van der Waals surface area contributed by atoms with Gasteiger partial charge in [-0.2, -0.15) is 0 Å². The molecule has 166 valence electrons. The second-order valence-electron chi connectivity index (χ2n) is 8.65. The molecule has 2 aromatic carbocycles. The summed E-state index contributed by atoms with van der Waals surface area (Å²) >= 11 is 0. The van der Waals surface area contributed by atoms with E-state index in [2.05, 4.69) is 51.5 Å². The average Bonchev–Trinajstić information content (AvgIpc) is 3.14. The number of hydrogen-bond acceptors (Lipinski definition) is 5. The Morgan fingerprint density at radius 3 is 2.26 bits per heavy atom. The van der Waals surface area contributed by atoms with Crippen LogP contribution in [0.2, 0.25) is 0 Å². The summed E-state index contributed by atoms with van der Waals surface area (Å²) in [5, 5.41) is 3.11. The van der Waals surface area contributed by atoms with E-state index in [0.29, 0.717) is 12.3 Å². The van der Waals surface area contributed by atoms with E-state index in [0.717, 1.165) is 43.7 Å². The molecular weight excluding hydrogens is 410 g/mol. The Balaban J connectivity index is 1.24. The van der Waals surface area contributed by atoms with Crippen molar-refractivity contribution in [1.82, 2.24) is 15.1 Å². The van der Waals surface area contributed by atoms with Crippen LogP contribution in [0, 0.1) is 0 Å². The van der Waals surface area contributed by atoms with Crippen molar-refractivity contribution in [2.75, 3.05) is 44.2 Å². The van der Waals surface area contributed by atoms with E-state index in [1.807, 2.05) is 25.1 Å². The van der Waals surface area contributed by atoms with Crippen molar-refractivity contribution in [1.29, 1.82) is 0 Å². The minimum atomic E-state index is -2.86. The zero-order chi connectivity index (χ0) is 21.8. The van der Waals surface area contributed by atoms with Crippen LogP contribution >= 0.6 is 0 Å². The maximum absolute atomic E-state index is 12.6. The van der Waals surface area contributed by atoms with Gasteiger partial charge in [-0.1, -0.05) is 54.6 Å². The fraction of sp³-hybridized carbons (Fsp3) is 0.458. The number of rotatable bonds is 6. The quantitative estimate of drug-likeness (QED) is 0.745. The third-order valence-electron chi connectivity index (χ3n) is 6.39. The lowest BCUT2D eigenvalue weighted by atomic mass is 10.0. The molecule has 0 aliphatic carbocycles. The number of carbonyl (C=O) groups is 1. The Labute approximate surface area is 185 Å². The van der Waals surface area contributed by atoms with Crippen LogP contribution in [0.4, 0.5) is 0 Å². The Hall–Kier alpha value is -2.22. The molecule has 0 bridgehead atoms. The maximum Gasteiger partial charge on any atom is 0.234 e. The first-order valence-corrected chi connectivity index (χ1v) is 12.8. The zero-order valence-electron chi connectivity index (χ0n) is 18.0. The van der Waals surface area contributed by atoms with Crippen LogP contribution in [0.3, 0.4) is 0 Å². The molecule has 0 radical (unpaired) electrons. The molecule has 4 rings (SSSR count). The zero-order valence-corrected chi connectivity index (χ0v) is 18.9. The van der Waals surface area contributed by atoms with Crippen LogP contribution in [0.1, 0.15) is 24.9 Å². The number of benzene rings is 2. The molecule has 2 aromatic rings. The normalized spacial score (nSPS) is 22.8. The predicted octanol–water partition coefficient (Wildman–Crippen LogP) is 2.34. The van der Waals surface area contributed by atoms with E-state index in [4.69, 9.17) is 0 Å². The molecule has 7 heteroatoms. The van der Waals surface area contributed by atoms with Gasteiger partial charge < -0.3 is 5.32 Å².